The number of hydrogen-bond donors (Lipinski definition) is 2. The summed E-state index contributed by atoms with van der Waals surface area (Å²) in [4.78, 5) is 4.15. The molecule has 0 saturated heterocycles. The van der Waals surface area contributed by atoms with E-state index in [1.54, 1.807) is 6.08 Å². The van der Waals surface area contributed by atoms with E-state index in [1.165, 1.54) is 0 Å². The predicted octanol–water partition coefficient (Wildman–Crippen LogP) is 1.93. The Morgan fingerprint density at radius 1 is 1.42 bits per heavy atom. The lowest BCUT2D eigenvalue weighted by Gasteiger charge is -1.99. The largest absolute Gasteiger partial charge is 0.370 e. The molecule has 2 aromatic rings. The average Bonchev–Trinajstić information content (AvgIpc) is 2.93. The number of hydrogen-bond acceptors (Lipinski definition) is 3. The lowest BCUT2D eigenvalue weighted by molar-refractivity contribution is 0.424. The summed E-state index contributed by atoms with van der Waals surface area (Å²) >= 11 is 0. The Hall–Kier alpha value is -2.56. The van der Waals surface area contributed by atoms with E-state index >= 15 is 0 Å². The van der Waals surface area contributed by atoms with Gasteiger partial charge in [-0.2, -0.15) is 0 Å². The molecule has 0 aliphatic carbocycles. The van der Waals surface area contributed by atoms with Crippen LogP contribution in [0.4, 0.5) is 0 Å². The topological polar surface area (TPSA) is 76.4 Å². The molecule has 1 aromatic heterocycles. The van der Waals surface area contributed by atoms with E-state index in [1.807, 2.05) is 36.4 Å². The summed E-state index contributed by atoms with van der Waals surface area (Å²) in [6.07, 6.45) is 1.71. The molecule has 0 atom stereocenters. The van der Waals surface area contributed by atoms with E-state index in [-0.39, 0.29) is 0 Å². The van der Waals surface area contributed by atoms with Gasteiger partial charge in [-0.3, -0.25) is 0 Å². The quantitative estimate of drug-likeness (QED) is 0.487. The minimum Gasteiger partial charge on any atom is -0.370 e. The first kappa shape index (κ1) is 12.9. The Morgan fingerprint density at radius 3 is 2.95 bits per heavy atom. The van der Waals surface area contributed by atoms with Gasteiger partial charge in [-0.25, -0.2) is 4.99 Å². The minimum atomic E-state index is 0.365. The third-order valence-corrected chi connectivity index (χ3v) is 2.46. The Kier molecular flexibility index (Phi) is 4.34. The molecule has 98 valence electrons. The van der Waals surface area contributed by atoms with Gasteiger partial charge in [-0.15, -0.1) is 6.58 Å². The molecule has 0 spiro atoms. The normalized spacial score (nSPS) is 11.3. The molecule has 0 bridgehead atoms. The van der Waals surface area contributed by atoms with Crippen molar-refractivity contribution in [3.8, 4) is 11.3 Å². The molecule has 0 amide bonds. The molecule has 0 fully saturated rings. The van der Waals surface area contributed by atoms with Crippen LogP contribution in [0.3, 0.4) is 0 Å². The second-order valence-corrected chi connectivity index (χ2v) is 3.92. The van der Waals surface area contributed by atoms with Crippen molar-refractivity contribution in [2.75, 3.05) is 6.54 Å². The van der Waals surface area contributed by atoms with Crippen molar-refractivity contribution in [3.63, 3.8) is 0 Å². The average molecular weight is 256 g/mol. The maximum Gasteiger partial charge on any atom is 0.189 e. The van der Waals surface area contributed by atoms with Gasteiger partial charge in [0.1, 0.15) is 5.69 Å². The maximum absolute atomic E-state index is 5.66. The first-order valence-corrected chi connectivity index (χ1v) is 5.95. The third-order valence-electron chi connectivity index (χ3n) is 2.46. The lowest BCUT2D eigenvalue weighted by Crippen LogP contribution is -2.31. The molecule has 3 N–H and O–H groups in total. The molecule has 19 heavy (non-hydrogen) atoms. The molecule has 1 aromatic carbocycles. The van der Waals surface area contributed by atoms with Crippen LogP contribution in [0.15, 0.2) is 58.6 Å². The van der Waals surface area contributed by atoms with Crippen molar-refractivity contribution in [1.82, 2.24) is 10.5 Å². The Labute approximate surface area is 111 Å². The summed E-state index contributed by atoms with van der Waals surface area (Å²) in [6.45, 7) is 4.56. The summed E-state index contributed by atoms with van der Waals surface area (Å²) in [5.41, 5.74) is 7.39. The molecule has 2 rings (SSSR count). The van der Waals surface area contributed by atoms with Gasteiger partial charge in [0.2, 0.25) is 0 Å². The third kappa shape index (κ3) is 3.70. The van der Waals surface area contributed by atoms with Crippen LogP contribution in [0.25, 0.3) is 11.3 Å². The zero-order valence-corrected chi connectivity index (χ0v) is 10.5. The molecule has 5 heteroatoms. The van der Waals surface area contributed by atoms with Gasteiger partial charge in [0.25, 0.3) is 0 Å². The van der Waals surface area contributed by atoms with Gasteiger partial charge in [-0.1, -0.05) is 41.6 Å². The molecule has 0 aliphatic rings. The van der Waals surface area contributed by atoms with Crippen LogP contribution >= 0.6 is 0 Å². The smallest absolute Gasteiger partial charge is 0.189 e. The van der Waals surface area contributed by atoms with Crippen LogP contribution in [0.2, 0.25) is 0 Å². The zero-order valence-electron chi connectivity index (χ0n) is 10.5. The zero-order chi connectivity index (χ0) is 13.5. The van der Waals surface area contributed by atoms with Crippen molar-refractivity contribution in [2.45, 2.75) is 6.54 Å². The summed E-state index contributed by atoms with van der Waals surface area (Å²) in [5.74, 6) is 1.09. The SMILES string of the molecule is C=CCNC(N)=NCc1cc(-c2ccccc2)on1. The van der Waals surface area contributed by atoms with Crippen molar-refractivity contribution >= 4 is 5.96 Å². The van der Waals surface area contributed by atoms with E-state index in [0.29, 0.717) is 19.0 Å². The van der Waals surface area contributed by atoms with E-state index < -0.39 is 0 Å². The molecular weight excluding hydrogens is 240 g/mol. The van der Waals surface area contributed by atoms with Crippen LogP contribution < -0.4 is 11.1 Å². The fourth-order valence-corrected chi connectivity index (χ4v) is 1.52. The second kappa shape index (κ2) is 6.39. The number of nitrogens with one attached hydrogen (secondary N) is 1. The van der Waals surface area contributed by atoms with Gasteiger partial charge in [0, 0.05) is 18.2 Å². The van der Waals surface area contributed by atoms with Crippen molar-refractivity contribution < 1.29 is 4.52 Å². The fourth-order valence-electron chi connectivity index (χ4n) is 1.52. The molecule has 0 aliphatic heterocycles. The first-order valence-electron chi connectivity index (χ1n) is 5.95. The van der Waals surface area contributed by atoms with Gasteiger partial charge in [0.05, 0.1) is 6.54 Å². The fraction of sp³-hybridized carbons (Fsp3) is 0.143. The van der Waals surface area contributed by atoms with Gasteiger partial charge >= 0.3 is 0 Å². The summed E-state index contributed by atoms with van der Waals surface area (Å²) in [6, 6.07) is 11.7. The minimum absolute atomic E-state index is 0.365. The highest BCUT2D eigenvalue weighted by molar-refractivity contribution is 5.77. The Morgan fingerprint density at radius 2 is 2.21 bits per heavy atom. The molecule has 0 unspecified atom stereocenters. The van der Waals surface area contributed by atoms with Gasteiger partial charge in [-0.05, 0) is 0 Å². The number of guanidine groups is 1. The van der Waals surface area contributed by atoms with Gasteiger partial charge < -0.3 is 15.6 Å². The standard InChI is InChI=1S/C14H16N4O/c1-2-8-16-14(15)17-10-12-9-13(19-18-12)11-6-4-3-5-7-11/h2-7,9H,1,8,10H2,(H3,15,16,17). The molecule has 0 radical (unpaired) electrons. The monoisotopic (exact) mass is 256 g/mol. The number of rotatable bonds is 5. The molecule has 0 saturated carbocycles. The van der Waals surface area contributed by atoms with E-state index in [4.69, 9.17) is 10.3 Å². The Bertz CT molecular complexity index is 560. The van der Waals surface area contributed by atoms with Crippen LogP contribution in [0, 0.1) is 0 Å². The molecular formula is C14H16N4O. The summed E-state index contributed by atoms with van der Waals surface area (Å²) < 4.78 is 5.27. The Balaban J connectivity index is 2.00. The molecule has 5 nitrogen and oxygen atoms in total. The van der Waals surface area contributed by atoms with Gasteiger partial charge in [0.15, 0.2) is 11.7 Å². The number of nitrogens with two attached hydrogens (primary N) is 1. The molecule has 1 heterocycles. The van der Waals surface area contributed by atoms with Crippen LogP contribution in [0.5, 0.6) is 0 Å². The van der Waals surface area contributed by atoms with Crippen molar-refractivity contribution in [1.29, 1.82) is 0 Å². The van der Waals surface area contributed by atoms with Crippen molar-refractivity contribution in [3.05, 3.63) is 54.7 Å². The highest BCUT2D eigenvalue weighted by Gasteiger charge is 2.05. The van der Waals surface area contributed by atoms with Crippen LogP contribution in [-0.4, -0.2) is 17.7 Å². The number of aromatic nitrogens is 1. The summed E-state index contributed by atoms with van der Waals surface area (Å²) in [5, 5.41) is 6.85. The first-order chi connectivity index (χ1) is 9.29. The second-order valence-electron chi connectivity index (χ2n) is 3.92. The van der Waals surface area contributed by atoms with E-state index in [9.17, 15) is 0 Å². The van der Waals surface area contributed by atoms with E-state index in [0.717, 1.165) is 17.0 Å². The highest BCUT2D eigenvalue weighted by atomic mass is 16.5. The van der Waals surface area contributed by atoms with Crippen LogP contribution in [-0.2, 0) is 6.54 Å². The van der Waals surface area contributed by atoms with Crippen molar-refractivity contribution in [2.24, 2.45) is 10.7 Å². The highest BCUT2D eigenvalue weighted by Crippen LogP contribution is 2.19. The number of benzene rings is 1. The van der Waals surface area contributed by atoms with E-state index in [2.05, 4.69) is 22.0 Å². The predicted molar refractivity (Wildman–Crippen MR) is 75.5 cm³/mol. The number of aliphatic imine (C=N–C) groups is 1. The summed E-state index contributed by atoms with van der Waals surface area (Å²) in [7, 11) is 0. The maximum atomic E-state index is 5.66. The number of nitrogens with zero attached hydrogens (tertiary/aromatic N) is 2. The lowest BCUT2D eigenvalue weighted by atomic mass is 10.2. The van der Waals surface area contributed by atoms with Crippen LogP contribution in [0.1, 0.15) is 5.69 Å².